The van der Waals surface area contributed by atoms with Crippen LogP contribution in [0.5, 0.6) is 23.0 Å². The molecule has 0 spiro atoms. The smallest absolute Gasteiger partial charge is 0.260 e. The highest BCUT2D eigenvalue weighted by molar-refractivity contribution is 6.35. The third kappa shape index (κ3) is 4.17. The van der Waals surface area contributed by atoms with Crippen LogP contribution in [0, 0.1) is 5.92 Å². The zero-order valence-electron chi connectivity index (χ0n) is 14.3. The van der Waals surface area contributed by atoms with Crippen LogP contribution in [0.25, 0.3) is 0 Å². The molecule has 142 valence electrons. The number of ether oxygens (including phenoxy) is 4. The van der Waals surface area contributed by atoms with Gasteiger partial charge in [-0.15, -0.1) is 0 Å². The Balaban J connectivity index is 1.19. The lowest BCUT2D eigenvalue weighted by atomic mass is 10.0. The zero-order valence-corrected chi connectivity index (χ0v) is 15.8. The molecule has 0 saturated carbocycles. The number of rotatable bonds is 6. The van der Waals surface area contributed by atoms with Crippen molar-refractivity contribution in [2.45, 2.75) is 0 Å². The summed E-state index contributed by atoms with van der Waals surface area (Å²) in [6.07, 6.45) is 0. The van der Waals surface area contributed by atoms with Gasteiger partial charge in [-0.05, 0) is 30.3 Å². The summed E-state index contributed by atoms with van der Waals surface area (Å²) >= 11 is 11.9. The lowest BCUT2D eigenvalue weighted by Gasteiger charge is -2.38. The minimum atomic E-state index is -0.0830. The SMILES string of the molecule is O=C(COc1ccc(Cl)cc1Cl)N1CC(COc2ccc3c(c2)OCO3)C1. The molecule has 2 heterocycles. The third-order valence-electron chi connectivity index (χ3n) is 4.38. The number of amides is 1. The molecule has 2 aromatic rings. The minimum Gasteiger partial charge on any atom is -0.493 e. The highest BCUT2D eigenvalue weighted by atomic mass is 35.5. The molecule has 2 aliphatic heterocycles. The molecule has 2 aliphatic rings. The van der Waals surface area contributed by atoms with E-state index in [1.807, 2.05) is 18.2 Å². The van der Waals surface area contributed by atoms with Crippen molar-refractivity contribution in [3.8, 4) is 23.0 Å². The van der Waals surface area contributed by atoms with Gasteiger partial charge in [0.05, 0.1) is 11.6 Å². The maximum Gasteiger partial charge on any atom is 0.260 e. The van der Waals surface area contributed by atoms with Crippen molar-refractivity contribution in [2.75, 3.05) is 33.1 Å². The van der Waals surface area contributed by atoms with Crippen molar-refractivity contribution < 1.29 is 23.7 Å². The molecule has 0 atom stereocenters. The first kappa shape index (κ1) is 18.1. The molecule has 2 aromatic carbocycles. The highest BCUT2D eigenvalue weighted by Crippen LogP contribution is 2.35. The summed E-state index contributed by atoms with van der Waals surface area (Å²) < 4.78 is 21.9. The fraction of sp³-hybridized carbons (Fsp3) is 0.316. The van der Waals surface area contributed by atoms with Crippen LogP contribution in [-0.4, -0.2) is 43.9 Å². The van der Waals surface area contributed by atoms with E-state index in [0.717, 1.165) is 11.5 Å². The summed E-state index contributed by atoms with van der Waals surface area (Å²) in [7, 11) is 0. The molecule has 0 aliphatic carbocycles. The van der Waals surface area contributed by atoms with Gasteiger partial charge in [0.1, 0.15) is 11.5 Å². The highest BCUT2D eigenvalue weighted by Gasteiger charge is 2.31. The second-order valence-corrected chi connectivity index (χ2v) is 7.20. The van der Waals surface area contributed by atoms with Gasteiger partial charge in [0.15, 0.2) is 18.1 Å². The van der Waals surface area contributed by atoms with Crippen LogP contribution in [0.15, 0.2) is 36.4 Å². The lowest BCUT2D eigenvalue weighted by molar-refractivity contribution is -0.140. The molecule has 0 aromatic heterocycles. The van der Waals surface area contributed by atoms with Crippen LogP contribution in [0.1, 0.15) is 0 Å². The lowest BCUT2D eigenvalue weighted by Crippen LogP contribution is -2.53. The van der Waals surface area contributed by atoms with Gasteiger partial charge in [0.25, 0.3) is 5.91 Å². The maximum atomic E-state index is 12.2. The van der Waals surface area contributed by atoms with E-state index in [2.05, 4.69) is 0 Å². The van der Waals surface area contributed by atoms with Crippen LogP contribution in [0.3, 0.4) is 0 Å². The maximum absolute atomic E-state index is 12.2. The predicted molar refractivity (Wildman–Crippen MR) is 100 cm³/mol. The average molecular weight is 410 g/mol. The van der Waals surface area contributed by atoms with Crippen molar-refractivity contribution >= 4 is 29.1 Å². The number of carbonyl (C=O) groups excluding carboxylic acids is 1. The molecule has 1 saturated heterocycles. The monoisotopic (exact) mass is 409 g/mol. The van der Waals surface area contributed by atoms with Crippen LogP contribution < -0.4 is 18.9 Å². The van der Waals surface area contributed by atoms with E-state index in [1.165, 1.54) is 0 Å². The number of carbonyl (C=O) groups is 1. The number of benzene rings is 2. The van der Waals surface area contributed by atoms with Crippen molar-refractivity contribution in [1.29, 1.82) is 0 Å². The Morgan fingerprint density at radius 1 is 1.07 bits per heavy atom. The fourth-order valence-corrected chi connectivity index (χ4v) is 3.35. The Bertz CT molecular complexity index is 854. The molecule has 27 heavy (non-hydrogen) atoms. The second kappa shape index (κ2) is 7.74. The molecule has 0 radical (unpaired) electrons. The van der Waals surface area contributed by atoms with E-state index >= 15 is 0 Å². The third-order valence-corrected chi connectivity index (χ3v) is 4.92. The normalized spacial score (nSPS) is 15.4. The molecular weight excluding hydrogens is 393 g/mol. The summed E-state index contributed by atoms with van der Waals surface area (Å²) in [6, 6.07) is 10.4. The van der Waals surface area contributed by atoms with Gasteiger partial charge >= 0.3 is 0 Å². The van der Waals surface area contributed by atoms with Crippen molar-refractivity contribution in [3.63, 3.8) is 0 Å². The zero-order chi connectivity index (χ0) is 18.8. The van der Waals surface area contributed by atoms with Gasteiger partial charge in [-0.1, -0.05) is 23.2 Å². The van der Waals surface area contributed by atoms with Gasteiger partial charge < -0.3 is 23.8 Å². The summed E-state index contributed by atoms with van der Waals surface area (Å²) in [5, 5.41) is 0.903. The molecule has 8 heteroatoms. The standard InChI is InChI=1S/C19H17Cl2NO5/c20-13-1-3-16(15(21)5-13)25-10-19(23)22-7-12(8-22)9-24-14-2-4-17-18(6-14)27-11-26-17/h1-6,12H,7-11H2. The number of nitrogens with zero attached hydrogens (tertiary/aromatic N) is 1. The largest absolute Gasteiger partial charge is 0.493 e. The summed E-state index contributed by atoms with van der Waals surface area (Å²) in [5.41, 5.74) is 0. The summed E-state index contributed by atoms with van der Waals surface area (Å²) in [4.78, 5) is 13.9. The average Bonchev–Trinajstić information content (AvgIpc) is 3.07. The minimum absolute atomic E-state index is 0.0584. The number of likely N-dealkylation sites (tertiary alicyclic amines) is 1. The van der Waals surface area contributed by atoms with Gasteiger partial charge in [-0.3, -0.25) is 4.79 Å². The second-order valence-electron chi connectivity index (χ2n) is 6.35. The Morgan fingerprint density at radius 3 is 2.70 bits per heavy atom. The van der Waals surface area contributed by atoms with Gasteiger partial charge in [-0.2, -0.15) is 0 Å². The molecule has 0 N–H and O–H groups in total. The number of halogens is 2. The predicted octanol–water partition coefficient (Wildman–Crippen LogP) is 3.64. The van der Waals surface area contributed by atoms with Crippen LogP contribution in [-0.2, 0) is 4.79 Å². The Labute approximate surface area is 166 Å². The molecular formula is C19H17Cl2NO5. The van der Waals surface area contributed by atoms with Crippen LogP contribution in [0.2, 0.25) is 10.0 Å². The van der Waals surface area contributed by atoms with Gasteiger partial charge in [0.2, 0.25) is 6.79 Å². The first-order valence-corrected chi connectivity index (χ1v) is 9.22. The topological polar surface area (TPSA) is 57.2 Å². The van der Waals surface area contributed by atoms with E-state index in [1.54, 1.807) is 23.1 Å². The molecule has 0 bridgehead atoms. The van der Waals surface area contributed by atoms with Crippen molar-refractivity contribution in [2.24, 2.45) is 5.92 Å². The molecule has 4 rings (SSSR count). The van der Waals surface area contributed by atoms with E-state index < -0.39 is 0 Å². The Hall–Kier alpha value is -2.31. The van der Waals surface area contributed by atoms with E-state index in [4.69, 9.17) is 42.1 Å². The molecule has 6 nitrogen and oxygen atoms in total. The molecule has 1 amide bonds. The fourth-order valence-electron chi connectivity index (χ4n) is 2.88. The Morgan fingerprint density at radius 2 is 1.89 bits per heavy atom. The van der Waals surface area contributed by atoms with Gasteiger partial charge in [0, 0.05) is 30.1 Å². The number of hydrogen-bond acceptors (Lipinski definition) is 5. The van der Waals surface area contributed by atoms with Crippen LogP contribution >= 0.6 is 23.2 Å². The summed E-state index contributed by atoms with van der Waals surface area (Å²) in [6.45, 7) is 1.99. The first-order chi connectivity index (χ1) is 13.1. The summed E-state index contributed by atoms with van der Waals surface area (Å²) in [5.74, 6) is 2.79. The van der Waals surface area contributed by atoms with Crippen molar-refractivity contribution in [3.05, 3.63) is 46.4 Å². The van der Waals surface area contributed by atoms with Gasteiger partial charge in [-0.25, -0.2) is 0 Å². The van der Waals surface area contributed by atoms with Crippen LogP contribution in [0.4, 0.5) is 0 Å². The number of fused-ring (bicyclic) bond motifs is 1. The van der Waals surface area contributed by atoms with E-state index in [9.17, 15) is 4.79 Å². The van der Waals surface area contributed by atoms with Crippen molar-refractivity contribution in [1.82, 2.24) is 4.90 Å². The quantitative estimate of drug-likeness (QED) is 0.728. The Kier molecular flexibility index (Phi) is 5.18. The molecule has 0 unspecified atom stereocenters. The van der Waals surface area contributed by atoms with E-state index in [0.29, 0.717) is 47.2 Å². The number of hydrogen-bond donors (Lipinski definition) is 0. The molecule has 1 fully saturated rings. The first-order valence-electron chi connectivity index (χ1n) is 8.46. The van der Waals surface area contributed by atoms with E-state index in [-0.39, 0.29) is 19.3 Å².